The highest BCUT2D eigenvalue weighted by molar-refractivity contribution is 5.82. The summed E-state index contributed by atoms with van der Waals surface area (Å²) in [5.41, 5.74) is -0.540. The monoisotopic (exact) mass is 327 g/mol. The third kappa shape index (κ3) is 5.07. The van der Waals surface area contributed by atoms with E-state index in [4.69, 9.17) is 4.74 Å². The quantitative estimate of drug-likeness (QED) is 0.621. The van der Waals surface area contributed by atoms with Gasteiger partial charge in [0, 0.05) is 31.0 Å². The van der Waals surface area contributed by atoms with Crippen LogP contribution >= 0.6 is 0 Å². The lowest BCUT2D eigenvalue weighted by molar-refractivity contribution is -0.497. The third-order valence-corrected chi connectivity index (χ3v) is 4.11. The van der Waals surface area contributed by atoms with Gasteiger partial charge in [-0.05, 0) is 39.5 Å². The number of nitrogens with zero attached hydrogens (tertiary/aromatic N) is 2. The minimum Gasteiger partial charge on any atom is -0.444 e. The molecule has 0 spiro atoms. The van der Waals surface area contributed by atoms with E-state index < -0.39 is 23.7 Å². The minimum absolute atomic E-state index is 0.117. The van der Waals surface area contributed by atoms with Gasteiger partial charge in [0.1, 0.15) is 11.5 Å². The Balaban J connectivity index is 1.76. The maximum absolute atomic E-state index is 12.3. The van der Waals surface area contributed by atoms with Crippen LogP contribution in [0.1, 0.15) is 40.0 Å². The number of likely N-dealkylation sites (tertiary alicyclic amines) is 1. The van der Waals surface area contributed by atoms with E-state index in [9.17, 15) is 19.7 Å². The standard InChI is InChI=1S/C15H25N3O5/c1-15(2,3)23-14(20)16-8-10-5-4-6-17(9-10)13(19)11-7-12(11)18(21)22/h10-12H,4-9H2,1-3H3,(H,16,20)/t10-,11+,12+/m0/s1. The summed E-state index contributed by atoms with van der Waals surface area (Å²) >= 11 is 0. The molecule has 0 radical (unpaired) electrons. The minimum atomic E-state index is -0.706. The second-order valence-corrected chi connectivity index (χ2v) is 7.37. The fourth-order valence-corrected chi connectivity index (χ4v) is 2.89. The summed E-state index contributed by atoms with van der Waals surface area (Å²) in [6, 6.07) is -0.706. The van der Waals surface area contributed by atoms with Crippen LogP contribution in [0.2, 0.25) is 0 Å². The number of piperidine rings is 1. The first-order valence-corrected chi connectivity index (χ1v) is 8.06. The van der Waals surface area contributed by atoms with Crippen molar-refractivity contribution in [3.8, 4) is 0 Å². The maximum atomic E-state index is 12.3. The molecule has 0 unspecified atom stereocenters. The molecule has 0 aromatic carbocycles. The average Bonchev–Trinajstić information content (AvgIpc) is 3.23. The van der Waals surface area contributed by atoms with Crippen molar-refractivity contribution in [3.05, 3.63) is 10.1 Å². The predicted molar refractivity (Wildman–Crippen MR) is 82.4 cm³/mol. The zero-order valence-electron chi connectivity index (χ0n) is 13.9. The van der Waals surface area contributed by atoms with Crippen LogP contribution in [-0.4, -0.2) is 53.1 Å². The van der Waals surface area contributed by atoms with Crippen LogP contribution < -0.4 is 5.32 Å². The predicted octanol–water partition coefficient (Wildman–Crippen LogP) is 1.41. The molecule has 1 aliphatic heterocycles. The zero-order chi connectivity index (χ0) is 17.2. The van der Waals surface area contributed by atoms with Crippen molar-refractivity contribution in [2.75, 3.05) is 19.6 Å². The number of ether oxygens (including phenoxy) is 1. The third-order valence-electron chi connectivity index (χ3n) is 4.11. The van der Waals surface area contributed by atoms with Crippen LogP contribution in [0.3, 0.4) is 0 Å². The number of nitrogens with one attached hydrogen (secondary N) is 1. The lowest BCUT2D eigenvalue weighted by atomic mass is 9.97. The van der Waals surface area contributed by atoms with Crippen LogP contribution in [0.4, 0.5) is 4.79 Å². The van der Waals surface area contributed by atoms with Crippen LogP contribution in [0.25, 0.3) is 0 Å². The second-order valence-electron chi connectivity index (χ2n) is 7.37. The van der Waals surface area contributed by atoms with Gasteiger partial charge in [-0.1, -0.05) is 0 Å². The van der Waals surface area contributed by atoms with Gasteiger partial charge in [-0.3, -0.25) is 14.9 Å². The van der Waals surface area contributed by atoms with E-state index in [0.717, 1.165) is 12.8 Å². The molecule has 1 saturated heterocycles. The van der Waals surface area contributed by atoms with Crippen LogP contribution in [0, 0.1) is 22.0 Å². The lowest BCUT2D eigenvalue weighted by Gasteiger charge is -2.33. The van der Waals surface area contributed by atoms with Gasteiger partial charge < -0.3 is 15.0 Å². The molecule has 0 aromatic heterocycles. The van der Waals surface area contributed by atoms with Crippen LogP contribution in [-0.2, 0) is 9.53 Å². The van der Waals surface area contributed by atoms with E-state index in [1.807, 2.05) is 0 Å². The molecule has 1 saturated carbocycles. The lowest BCUT2D eigenvalue weighted by Crippen LogP contribution is -2.45. The highest BCUT2D eigenvalue weighted by Gasteiger charge is 2.54. The molecule has 0 bridgehead atoms. The highest BCUT2D eigenvalue weighted by Crippen LogP contribution is 2.35. The van der Waals surface area contributed by atoms with Gasteiger partial charge in [-0.2, -0.15) is 0 Å². The smallest absolute Gasteiger partial charge is 0.407 e. The Bertz CT molecular complexity index is 488. The van der Waals surface area contributed by atoms with E-state index in [2.05, 4.69) is 5.32 Å². The van der Waals surface area contributed by atoms with E-state index in [1.165, 1.54) is 0 Å². The molecule has 2 amide bonds. The molecular weight excluding hydrogens is 302 g/mol. The molecule has 23 heavy (non-hydrogen) atoms. The van der Waals surface area contributed by atoms with Gasteiger partial charge in [0.15, 0.2) is 0 Å². The number of rotatable bonds is 4. The molecule has 2 fully saturated rings. The molecule has 130 valence electrons. The molecule has 1 aliphatic carbocycles. The number of hydrogen-bond acceptors (Lipinski definition) is 5. The Hall–Kier alpha value is -1.86. The highest BCUT2D eigenvalue weighted by atomic mass is 16.6. The largest absolute Gasteiger partial charge is 0.444 e. The number of alkyl carbamates (subject to hydrolysis) is 1. The molecule has 1 N–H and O–H groups in total. The first-order valence-electron chi connectivity index (χ1n) is 8.06. The van der Waals surface area contributed by atoms with Crippen molar-refractivity contribution in [1.29, 1.82) is 0 Å². The Morgan fingerprint density at radius 3 is 2.65 bits per heavy atom. The van der Waals surface area contributed by atoms with Crippen LogP contribution in [0.15, 0.2) is 0 Å². The van der Waals surface area contributed by atoms with Crippen molar-refractivity contribution in [2.45, 2.75) is 51.7 Å². The van der Waals surface area contributed by atoms with Gasteiger partial charge in [-0.25, -0.2) is 4.79 Å². The molecule has 8 heteroatoms. The number of carbonyl (C=O) groups is 2. The SMILES string of the molecule is CC(C)(C)OC(=O)NC[C@@H]1CCCN(C(=O)[C@@H]2C[C@H]2[N+](=O)[O-])C1. The Morgan fingerprint density at radius 1 is 1.39 bits per heavy atom. The molecule has 2 rings (SSSR count). The van der Waals surface area contributed by atoms with Crippen molar-refractivity contribution in [1.82, 2.24) is 10.2 Å². The Kier molecular flexibility index (Phi) is 5.11. The first kappa shape index (κ1) is 17.5. The topological polar surface area (TPSA) is 102 Å². The van der Waals surface area contributed by atoms with E-state index in [0.29, 0.717) is 26.1 Å². The van der Waals surface area contributed by atoms with Crippen molar-refractivity contribution in [3.63, 3.8) is 0 Å². The van der Waals surface area contributed by atoms with Crippen LogP contribution in [0.5, 0.6) is 0 Å². The summed E-state index contributed by atoms with van der Waals surface area (Å²) < 4.78 is 5.19. The fourth-order valence-electron chi connectivity index (χ4n) is 2.89. The van der Waals surface area contributed by atoms with Gasteiger partial charge in [0.25, 0.3) is 0 Å². The molecule has 2 aliphatic rings. The maximum Gasteiger partial charge on any atom is 0.407 e. The van der Waals surface area contributed by atoms with Crippen molar-refractivity contribution >= 4 is 12.0 Å². The average molecular weight is 327 g/mol. The molecule has 3 atom stereocenters. The van der Waals surface area contributed by atoms with Crippen molar-refractivity contribution < 1.29 is 19.2 Å². The van der Waals surface area contributed by atoms with E-state index >= 15 is 0 Å². The fraction of sp³-hybridized carbons (Fsp3) is 0.867. The summed E-state index contributed by atoms with van der Waals surface area (Å²) in [7, 11) is 0. The summed E-state index contributed by atoms with van der Waals surface area (Å²) in [4.78, 5) is 35.9. The summed E-state index contributed by atoms with van der Waals surface area (Å²) in [6.07, 6.45) is 1.66. The normalized spacial score (nSPS) is 27.3. The zero-order valence-corrected chi connectivity index (χ0v) is 13.9. The van der Waals surface area contributed by atoms with Gasteiger partial charge in [0.2, 0.25) is 11.9 Å². The molecule has 1 heterocycles. The molecule has 0 aromatic rings. The second kappa shape index (κ2) is 6.72. The van der Waals surface area contributed by atoms with E-state index in [-0.39, 0.29) is 16.7 Å². The summed E-state index contributed by atoms with van der Waals surface area (Å²) in [5.74, 6) is -0.413. The van der Waals surface area contributed by atoms with Gasteiger partial charge >= 0.3 is 6.09 Å². The molecular formula is C15H25N3O5. The summed E-state index contributed by atoms with van der Waals surface area (Å²) in [6.45, 7) is 7.03. The summed E-state index contributed by atoms with van der Waals surface area (Å²) in [5, 5.41) is 13.4. The Morgan fingerprint density at radius 2 is 2.09 bits per heavy atom. The van der Waals surface area contributed by atoms with E-state index in [1.54, 1.807) is 25.7 Å². The van der Waals surface area contributed by atoms with Gasteiger partial charge in [-0.15, -0.1) is 0 Å². The Labute approximate surface area is 135 Å². The number of amides is 2. The number of carbonyl (C=O) groups excluding carboxylic acids is 2. The number of hydrogen-bond donors (Lipinski definition) is 1. The van der Waals surface area contributed by atoms with Crippen molar-refractivity contribution in [2.24, 2.45) is 11.8 Å². The first-order chi connectivity index (χ1) is 10.7. The van der Waals surface area contributed by atoms with Gasteiger partial charge in [0.05, 0.1) is 0 Å². The number of nitro groups is 1. The molecule has 8 nitrogen and oxygen atoms in total.